The van der Waals surface area contributed by atoms with Crippen LogP contribution in [0.2, 0.25) is 5.02 Å². The molecule has 2 heterocycles. The van der Waals surface area contributed by atoms with Crippen LogP contribution in [0.5, 0.6) is 5.75 Å². The van der Waals surface area contributed by atoms with Gasteiger partial charge in [-0.15, -0.1) is 11.3 Å². The van der Waals surface area contributed by atoms with Crippen LogP contribution in [0.4, 0.5) is 5.13 Å². The highest BCUT2D eigenvalue weighted by Gasteiger charge is 2.15. The van der Waals surface area contributed by atoms with E-state index in [0.717, 1.165) is 27.5 Å². The van der Waals surface area contributed by atoms with Crippen molar-refractivity contribution in [3.63, 3.8) is 0 Å². The highest BCUT2D eigenvalue weighted by atomic mass is 35.5. The summed E-state index contributed by atoms with van der Waals surface area (Å²) in [4.78, 5) is 17.5. The maximum Gasteiger partial charge on any atom is 0.268 e. The molecule has 1 aromatic carbocycles. The van der Waals surface area contributed by atoms with E-state index in [1.165, 1.54) is 11.3 Å². The van der Waals surface area contributed by atoms with Gasteiger partial charge in [0.25, 0.3) is 5.91 Å². The first-order valence-corrected chi connectivity index (χ1v) is 9.92. The number of nitrogens with zero attached hydrogens (tertiary/aromatic N) is 3. The number of hydrogen-bond acceptors (Lipinski definition) is 5. The Kier molecular flexibility index (Phi) is 6.06. The lowest BCUT2D eigenvalue weighted by molar-refractivity contribution is -0.112. The summed E-state index contributed by atoms with van der Waals surface area (Å²) in [7, 11) is 1.57. The maximum atomic E-state index is 12.5. The number of aryl methyl sites for hydroxylation is 2. The van der Waals surface area contributed by atoms with E-state index in [4.69, 9.17) is 16.3 Å². The first-order valence-electron chi connectivity index (χ1n) is 8.72. The monoisotopic (exact) mass is 426 g/mol. The lowest BCUT2D eigenvalue weighted by Crippen LogP contribution is -2.13. The van der Waals surface area contributed by atoms with Gasteiger partial charge in [0.15, 0.2) is 5.13 Å². The molecule has 3 rings (SSSR count). The van der Waals surface area contributed by atoms with E-state index in [2.05, 4.69) is 10.3 Å². The molecule has 0 saturated carbocycles. The number of hydrogen-bond donors (Lipinski definition) is 1. The molecule has 0 saturated heterocycles. The number of methoxy groups -OCH3 is 1. The number of nitrogens with one attached hydrogen (secondary N) is 1. The van der Waals surface area contributed by atoms with Crippen LogP contribution in [0, 0.1) is 32.1 Å². The van der Waals surface area contributed by atoms with E-state index < -0.39 is 5.91 Å². The van der Waals surface area contributed by atoms with Crippen LogP contribution in [0.25, 0.3) is 11.8 Å². The molecule has 0 aliphatic carbocycles. The summed E-state index contributed by atoms with van der Waals surface area (Å²) in [6.45, 7) is 5.77. The summed E-state index contributed by atoms with van der Waals surface area (Å²) in [5.74, 6) is 0.109. The molecule has 0 radical (unpaired) electrons. The summed E-state index contributed by atoms with van der Waals surface area (Å²) in [6, 6.07) is 9.42. The van der Waals surface area contributed by atoms with E-state index in [-0.39, 0.29) is 5.57 Å². The first-order chi connectivity index (χ1) is 13.8. The van der Waals surface area contributed by atoms with Crippen molar-refractivity contribution in [1.29, 1.82) is 5.26 Å². The summed E-state index contributed by atoms with van der Waals surface area (Å²) < 4.78 is 7.22. The Balaban J connectivity index is 1.95. The second-order valence-electron chi connectivity index (χ2n) is 6.38. The summed E-state index contributed by atoms with van der Waals surface area (Å²) in [5, 5.41) is 13.1. The molecule has 29 heavy (non-hydrogen) atoms. The SMILES string of the molecule is COc1ccc(-n2c(C)cc(/C=C(/C#N)C(=O)Nc3ncc(C)s3)c2C)cc1Cl. The fourth-order valence-electron chi connectivity index (χ4n) is 3.01. The molecular formula is C21H19ClN4O2S. The molecule has 3 aromatic rings. The van der Waals surface area contributed by atoms with E-state index in [9.17, 15) is 10.1 Å². The average Bonchev–Trinajstić information content (AvgIpc) is 3.21. The summed E-state index contributed by atoms with van der Waals surface area (Å²) >= 11 is 7.62. The van der Waals surface area contributed by atoms with Crippen LogP contribution >= 0.6 is 22.9 Å². The smallest absolute Gasteiger partial charge is 0.268 e. The highest BCUT2D eigenvalue weighted by Crippen LogP contribution is 2.30. The van der Waals surface area contributed by atoms with Crippen LogP contribution in [0.15, 0.2) is 36.0 Å². The van der Waals surface area contributed by atoms with Crippen LogP contribution in [0.1, 0.15) is 21.8 Å². The van der Waals surface area contributed by atoms with Gasteiger partial charge in [0.1, 0.15) is 17.4 Å². The number of ether oxygens (including phenoxy) is 1. The van der Waals surface area contributed by atoms with Crippen molar-refractivity contribution in [2.45, 2.75) is 20.8 Å². The van der Waals surface area contributed by atoms with Gasteiger partial charge in [-0.25, -0.2) is 4.98 Å². The number of carbonyl (C=O) groups excluding carboxylic acids is 1. The number of rotatable bonds is 5. The maximum absolute atomic E-state index is 12.5. The predicted molar refractivity (Wildman–Crippen MR) is 116 cm³/mol. The minimum Gasteiger partial charge on any atom is -0.495 e. The molecule has 148 valence electrons. The number of carbonyl (C=O) groups is 1. The van der Waals surface area contributed by atoms with Gasteiger partial charge >= 0.3 is 0 Å². The minimum atomic E-state index is -0.487. The van der Waals surface area contributed by atoms with E-state index >= 15 is 0 Å². The summed E-state index contributed by atoms with van der Waals surface area (Å²) in [5.41, 5.74) is 3.48. The van der Waals surface area contributed by atoms with Crippen LogP contribution in [0.3, 0.4) is 0 Å². The molecule has 2 aromatic heterocycles. The standard InChI is InChI=1S/C21H19ClN4O2S/c1-12-7-15(8-16(10-23)20(27)25-21-24-11-13(2)29-21)14(3)26(12)17-5-6-19(28-4)18(22)9-17/h5-9,11H,1-4H3,(H,24,25,27)/b16-8-. The predicted octanol–water partition coefficient (Wildman–Crippen LogP) is 5.07. The largest absolute Gasteiger partial charge is 0.495 e. The normalized spacial score (nSPS) is 11.2. The van der Waals surface area contributed by atoms with Crippen molar-refractivity contribution in [1.82, 2.24) is 9.55 Å². The summed E-state index contributed by atoms with van der Waals surface area (Å²) in [6.07, 6.45) is 3.25. The third kappa shape index (κ3) is 4.34. The zero-order valence-electron chi connectivity index (χ0n) is 16.4. The highest BCUT2D eigenvalue weighted by molar-refractivity contribution is 7.15. The number of nitriles is 1. The van der Waals surface area contributed by atoms with E-state index in [1.807, 2.05) is 49.6 Å². The Morgan fingerprint density at radius 2 is 2.10 bits per heavy atom. The second-order valence-corrected chi connectivity index (χ2v) is 8.02. The van der Waals surface area contributed by atoms with Gasteiger partial charge in [-0.05, 0) is 56.7 Å². The fraction of sp³-hybridized carbons (Fsp3) is 0.190. The molecular weight excluding hydrogens is 408 g/mol. The van der Waals surface area contributed by atoms with Crippen LogP contribution < -0.4 is 10.1 Å². The molecule has 1 amide bonds. The minimum absolute atomic E-state index is 0.00543. The number of benzene rings is 1. The van der Waals surface area contributed by atoms with Gasteiger partial charge in [0, 0.05) is 28.1 Å². The quantitative estimate of drug-likeness (QED) is 0.456. The topological polar surface area (TPSA) is 79.9 Å². The molecule has 0 fully saturated rings. The molecule has 0 aliphatic heterocycles. The van der Waals surface area contributed by atoms with Crippen molar-refractivity contribution >= 4 is 40.1 Å². The average molecular weight is 427 g/mol. The number of halogens is 1. The molecule has 0 unspecified atom stereocenters. The fourth-order valence-corrected chi connectivity index (χ4v) is 3.92. The van der Waals surface area contributed by atoms with Crippen molar-refractivity contribution < 1.29 is 9.53 Å². The third-order valence-electron chi connectivity index (χ3n) is 4.37. The third-order valence-corrected chi connectivity index (χ3v) is 5.49. The number of anilines is 1. The van der Waals surface area contributed by atoms with Crippen molar-refractivity contribution in [3.8, 4) is 17.5 Å². The molecule has 0 spiro atoms. The van der Waals surface area contributed by atoms with Gasteiger partial charge < -0.3 is 9.30 Å². The van der Waals surface area contributed by atoms with Gasteiger partial charge in [0.2, 0.25) is 0 Å². The lowest BCUT2D eigenvalue weighted by Gasteiger charge is -2.12. The Morgan fingerprint density at radius 3 is 2.69 bits per heavy atom. The molecule has 0 bridgehead atoms. The zero-order valence-corrected chi connectivity index (χ0v) is 18.0. The Morgan fingerprint density at radius 1 is 1.34 bits per heavy atom. The van der Waals surface area contributed by atoms with Crippen molar-refractivity contribution in [2.75, 3.05) is 12.4 Å². The van der Waals surface area contributed by atoms with Gasteiger partial charge in [-0.3, -0.25) is 10.1 Å². The molecule has 8 heteroatoms. The molecule has 0 atom stereocenters. The number of thiazole rings is 1. The van der Waals surface area contributed by atoms with Gasteiger partial charge in [-0.1, -0.05) is 11.6 Å². The Labute approximate surface area is 178 Å². The molecule has 1 N–H and O–H groups in total. The molecule has 6 nitrogen and oxygen atoms in total. The lowest BCUT2D eigenvalue weighted by atomic mass is 10.1. The van der Waals surface area contributed by atoms with Gasteiger partial charge in [-0.2, -0.15) is 5.26 Å². The van der Waals surface area contributed by atoms with Gasteiger partial charge in [0.05, 0.1) is 12.1 Å². The van der Waals surface area contributed by atoms with Crippen LogP contribution in [-0.4, -0.2) is 22.6 Å². The number of aromatic nitrogens is 2. The Bertz CT molecular complexity index is 1150. The zero-order chi connectivity index (χ0) is 21.1. The number of amides is 1. The first kappa shape index (κ1) is 20.6. The second kappa shape index (κ2) is 8.52. The Hall–Kier alpha value is -3.08. The van der Waals surface area contributed by atoms with E-state index in [1.54, 1.807) is 25.4 Å². The van der Waals surface area contributed by atoms with Crippen LogP contribution in [-0.2, 0) is 4.79 Å². The van der Waals surface area contributed by atoms with Crippen molar-refractivity contribution in [2.24, 2.45) is 0 Å². The van der Waals surface area contributed by atoms with E-state index in [0.29, 0.717) is 15.9 Å². The van der Waals surface area contributed by atoms with Crippen molar-refractivity contribution in [3.05, 3.63) is 62.9 Å². The molecule has 0 aliphatic rings.